The van der Waals surface area contributed by atoms with Gasteiger partial charge in [-0.3, -0.25) is 9.59 Å². The SMILES string of the molecule is CCC(C)C(NC(=O)OC(C)(C)C)C(=O)N1CCN(C(=O)c2ccco2)CC1. The van der Waals surface area contributed by atoms with Crippen molar-refractivity contribution in [2.45, 2.75) is 52.7 Å². The molecule has 1 aliphatic rings. The minimum Gasteiger partial charge on any atom is -0.459 e. The lowest BCUT2D eigenvalue weighted by Crippen LogP contribution is -2.57. The Bertz CT molecular complexity index is 673. The van der Waals surface area contributed by atoms with Crippen LogP contribution in [0.4, 0.5) is 4.79 Å². The minimum absolute atomic E-state index is 0.0391. The van der Waals surface area contributed by atoms with Gasteiger partial charge in [0.25, 0.3) is 5.91 Å². The summed E-state index contributed by atoms with van der Waals surface area (Å²) >= 11 is 0. The molecule has 8 heteroatoms. The lowest BCUT2D eigenvalue weighted by atomic mass is 9.97. The van der Waals surface area contributed by atoms with Crippen molar-refractivity contribution in [1.82, 2.24) is 15.1 Å². The molecule has 2 atom stereocenters. The summed E-state index contributed by atoms with van der Waals surface area (Å²) in [6, 6.07) is 2.64. The standard InChI is InChI=1S/C20H31N3O5/c1-6-14(2)16(21-19(26)28-20(3,4)5)18(25)23-11-9-22(10-12-23)17(24)15-8-7-13-27-15/h7-8,13-14,16H,6,9-12H2,1-5H3,(H,21,26). The third-order valence-electron chi connectivity index (χ3n) is 4.76. The van der Waals surface area contributed by atoms with E-state index in [4.69, 9.17) is 9.15 Å². The van der Waals surface area contributed by atoms with E-state index >= 15 is 0 Å². The number of carbonyl (C=O) groups is 3. The zero-order valence-corrected chi connectivity index (χ0v) is 17.4. The first kappa shape index (κ1) is 21.8. The van der Waals surface area contributed by atoms with E-state index in [-0.39, 0.29) is 17.7 Å². The van der Waals surface area contributed by atoms with Gasteiger partial charge in [-0.2, -0.15) is 0 Å². The third-order valence-corrected chi connectivity index (χ3v) is 4.76. The van der Waals surface area contributed by atoms with Crippen LogP contribution >= 0.6 is 0 Å². The second-order valence-electron chi connectivity index (χ2n) is 8.10. The molecule has 2 rings (SSSR count). The zero-order valence-electron chi connectivity index (χ0n) is 17.4. The maximum absolute atomic E-state index is 13.0. The van der Waals surface area contributed by atoms with Crippen LogP contribution in [0.25, 0.3) is 0 Å². The van der Waals surface area contributed by atoms with E-state index in [0.717, 1.165) is 6.42 Å². The molecule has 0 aromatic carbocycles. The molecule has 2 unspecified atom stereocenters. The van der Waals surface area contributed by atoms with Crippen LogP contribution in [0.2, 0.25) is 0 Å². The fourth-order valence-corrected chi connectivity index (χ4v) is 3.00. The Hall–Kier alpha value is -2.51. The highest BCUT2D eigenvalue weighted by Gasteiger charge is 2.34. The van der Waals surface area contributed by atoms with Gasteiger partial charge in [-0.05, 0) is 38.8 Å². The highest BCUT2D eigenvalue weighted by molar-refractivity contribution is 5.92. The van der Waals surface area contributed by atoms with Crippen LogP contribution in [0.3, 0.4) is 0 Å². The summed E-state index contributed by atoms with van der Waals surface area (Å²) < 4.78 is 10.5. The molecule has 3 amide bonds. The van der Waals surface area contributed by atoms with E-state index in [1.54, 1.807) is 42.7 Å². The summed E-state index contributed by atoms with van der Waals surface area (Å²) in [6.45, 7) is 10.9. The molecule has 28 heavy (non-hydrogen) atoms. The lowest BCUT2D eigenvalue weighted by Gasteiger charge is -2.37. The number of ether oxygens (including phenoxy) is 1. The third kappa shape index (κ3) is 5.74. The summed E-state index contributed by atoms with van der Waals surface area (Å²) in [6.07, 6.45) is 1.60. The number of hydrogen-bond acceptors (Lipinski definition) is 5. The van der Waals surface area contributed by atoms with Crippen LogP contribution in [0, 0.1) is 5.92 Å². The predicted molar refractivity (Wildman–Crippen MR) is 104 cm³/mol. The van der Waals surface area contributed by atoms with Gasteiger partial charge in [0.05, 0.1) is 6.26 Å². The van der Waals surface area contributed by atoms with Crippen LogP contribution in [0.5, 0.6) is 0 Å². The highest BCUT2D eigenvalue weighted by Crippen LogP contribution is 2.16. The van der Waals surface area contributed by atoms with Gasteiger partial charge >= 0.3 is 6.09 Å². The first-order valence-electron chi connectivity index (χ1n) is 9.73. The van der Waals surface area contributed by atoms with E-state index in [1.165, 1.54) is 6.26 Å². The molecule has 1 saturated heterocycles. The van der Waals surface area contributed by atoms with Crippen LogP contribution in [0.15, 0.2) is 22.8 Å². The number of piperazine rings is 1. The largest absolute Gasteiger partial charge is 0.459 e. The summed E-state index contributed by atoms with van der Waals surface area (Å²) in [4.78, 5) is 40.9. The Morgan fingerprint density at radius 2 is 1.79 bits per heavy atom. The van der Waals surface area contributed by atoms with Crippen molar-refractivity contribution < 1.29 is 23.5 Å². The Labute approximate surface area is 166 Å². The van der Waals surface area contributed by atoms with Crippen molar-refractivity contribution >= 4 is 17.9 Å². The van der Waals surface area contributed by atoms with Crippen LogP contribution in [-0.4, -0.2) is 65.5 Å². The van der Waals surface area contributed by atoms with E-state index in [1.807, 2.05) is 13.8 Å². The van der Waals surface area contributed by atoms with Gasteiger partial charge < -0.3 is 24.3 Å². The Balaban J connectivity index is 1.97. The summed E-state index contributed by atoms with van der Waals surface area (Å²) in [5.74, 6) is -0.0700. The fourth-order valence-electron chi connectivity index (χ4n) is 3.00. The maximum Gasteiger partial charge on any atom is 0.408 e. The molecule has 1 aromatic heterocycles. The number of furan rings is 1. The highest BCUT2D eigenvalue weighted by atomic mass is 16.6. The monoisotopic (exact) mass is 393 g/mol. The molecule has 8 nitrogen and oxygen atoms in total. The molecule has 0 aliphatic carbocycles. The van der Waals surface area contributed by atoms with Gasteiger partial charge in [-0.15, -0.1) is 0 Å². The van der Waals surface area contributed by atoms with Crippen molar-refractivity contribution in [3.63, 3.8) is 0 Å². The molecular formula is C20H31N3O5. The molecule has 2 heterocycles. The average molecular weight is 393 g/mol. The Morgan fingerprint density at radius 3 is 2.29 bits per heavy atom. The average Bonchev–Trinajstić information content (AvgIpc) is 3.18. The number of alkyl carbamates (subject to hydrolysis) is 1. The van der Waals surface area contributed by atoms with Gasteiger partial charge in [0, 0.05) is 26.2 Å². The number of nitrogens with zero attached hydrogens (tertiary/aromatic N) is 2. The quantitative estimate of drug-likeness (QED) is 0.830. The normalized spacial score (nSPS) is 17.0. The van der Waals surface area contributed by atoms with Crippen molar-refractivity contribution in [1.29, 1.82) is 0 Å². The summed E-state index contributed by atoms with van der Waals surface area (Å²) in [5.41, 5.74) is -0.634. The molecule has 1 aliphatic heterocycles. The van der Waals surface area contributed by atoms with Crippen LogP contribution in [-0.2, 0) is 9.53 Å². The van der Waals surface area contributed by atoms with E-state index < -0.39 is 17.7 Å². The number of amides is 3. The Kier molecular flexibility index (Phi) is 7.10. The van der Waals surface area contributed by atoms with Crippen LogP contribution in [0.1, 0.15) is 51.6 Å². The smallest absolute Gasteiger partial charge is 0.408 e. The second-order valence-corrected chi connectivity index (χ2v) is 8.10. The molecule has 1 fully saturated rings. The molecule has 1 N–H and O–H groups in total. The fraction of sp³-hybridized carbons (Fsp3) is 0.650. The van der Waals surface area contributed by atoms with Gasteiger partial charge in [-0.1, -0.05) is 20.3 Å². The molecular weight excluding hydrogens is 362 g/mol. The zero-order chi connectivity index (χ0) is 20.9. The minimum atomic E-state index is -0.660. The predicted octanol–water partition coefficient (Wildman–Crippen LogP) is 2.50. The number of hydrogen-bond donors (Lipinski definition) is 1. The van der Waals surface area contributed by atoms with Crippen molar-refractivity contribution in [2.75, 3.05) is 26.2 Å². The van der Waals surface area contributed by atoms with Crippen LogP contribution < -0.4 is 5.32 Å². The molecule has 156 valence electrons. The number of rotatable bonds is 5. The van der Waals surface area contributed by atoms with Gasteiger partial charge in [0.15, 0.2) is 5.76 Å². The van der Waals surface area contributed by atoms with E-state index in [2.05, 4.69) is 5.32 Å². The lowest BCUT2D eigenvalue weighted by molar-refractivity contribution is -0.136. The molecule has 0 bridgehead atoms. The van der Waals surface area contributed by atoms with Crippen molar-refractivity contribution in [2.24, 2.45) is 5.92 Å². The molecule has 0 spiro atoms. The summed E-state index contributed by atoms with van der Waals surface area (Å²) in [5, 5.41) is 2.73. The molecule has 1 aromatic rings. The van der Waals surface area contributed by atoms with Crippen molar-refractivity contribution in [3.05, 3.63) is 24.2 Å². The van der Waals surface area contributed by atoms with Gasteiger partial charge in [0.1, 0.15) is 11.6 Å². The first-order chi connectivity index (χ1) is 13.1. The number of nitrogens with one attached hydrogen (secondary N) is 1. The topological polar surface area (TPSA) is 92.1 Å². The number of carbonyl (C=O) groups excluding carboxylic acids is 3. The molecule has 0 saturated carbocycles. The van der Waals surface area contributed by atoms with Gasteiger partial charge in [-0.25, -0.2) is 4.79 Å². The second kappa shape index (κ2) is 9.12. The Morgan fingerprint density at radius 1 is 1.18 bits per heavy atom. The van der Waals surface area contributed by atoms with Gasteiger partial charge in [0.2, 0.25) is 5.91 Å². The first-order valence-corrected chi connectivity index (χ1v) is 9.73. The van der Waals surface area contributed by atoms with Crippen molar-refractivity contribution in [3.8, 4) is 0 Å². The van der Waals surface area contributed by atoms with E-state index in [9.17, 15) is 14.4 Å². The van der Waals surface area contributed by atoms with E-state index in [0.29, 0.717) is 31.9 Å². The summed E-state index contributed by atoms with van der Waals surface area (Å²) in [7, 11) is 0. The maximum atomic E-state index is 13.0. The molecule has 0 radical (unpaired) electrons.